The maximum absolute atomic E-state index is 6.52. The number of epoxide rings is 1. The predicted octanol–water partition coefficient (Wildman–Crippen LogP) is 4.52. The Hall–Kier alpha value is -0.123. The van der Waals surface area contributed by atoms with Gasteiger partial charge >= 0.3 is 0 Å². The molecule has 2 atom stereocenters. The molecule has 0 radical (unpaired) electrons. The van der Waals surface area contributed by atoms with Crippen molar-refractivity contribution in [2.24, 2.45) is 0 Å². The van der Waals surface area contributed by atoms with Gasteiger partial charge in [-0.3, -0.25) is 0 Å². The first-order chi connectivity index (χ1) is 8.15. The van der Waals surface area contributed by atoms with Gasteiger partial charge in [0.05, 0.1) is 18.8 Å². The lowest BCUT2D eigenvalue weighted by Crippen LogP contribution is -2.44. The van der Waals surface area contributed by atoms with Crippen LogP contribution in [0.3, 0.4) is 0 Å². The first kappa shape index (κ1) is 15.9. The lowest BCUT2D eigenvalue weighted by atomic mass is 10.0. The minimum Gasteiger partial charge on any atom is -0.414 e. The zero-order valence-electron chi connectivity index (χ0n) is 13.0. The maximum Gasteiger partial charge on any atom is 0.192 e. The molecule has 0 spiro atoms. The van der Waals surface area contributed by atoms with E-state index in [1.165, 1.54) is 5.57 Å². The van der Waals surface area contributed by atoms with Gasteiger partial charge in [0.2, 0.25) is 0 Å². The van der Waals surface area contributed by atoms with E-state index >= 15 is 0 Å². The number of rotatable bonds is 7. The van der Waals surface area contributed by atoms with Gasteiger partial charge in [0, 0.05) is 6.42 Å². The van der Waals surface area contributed by atoms with Crippen LogP contribution in [-0.4, -0.2) is 27.1 Å². The second kappa shape index (κ2) is 5.89. The van der Waals surface area contributed by atoms with Crippen LogP contribution in [0.5, 0.6) is 0 Å². The third-order valence-electron chi connectivity index (χ3n) is 4.21. The summed E-state index contributed by atoms with van der Waals surface area (Å²) in [6, 6.07) is 0. The highest BCUT2D eigenvalue weighted by Crippen LogP contribution is 2.39. The zero-order chi connectivity index (χ0) is 14.0. The molecule has 0 bridgehead atoms. The average molecular weight is 270 g/mol. The minimum absolute atomic E-state index is 0.267. The molecule has 1 aliphatic heterocycles. The van der Waals surface area contributed by atoms with E-state index < -0.39 is 8.32 Å². The van der Waals surface area contributed by atoms with Crippen LogP contribution in [0.4, 0.5) is 0 Å². The van der Waals surface area contributed by atoms with Crippen LogP contribution in [0.2, 0.25) is 18.1 Å². The Morgan fingerprint density at radius 3 is 2.39 bits per heavy atom. The summed E-state index contributed by atoms with van der Waals surface area (Å²) in [6.07, 6.45) is 3.80. The standard InChI is InChI=1S/C15H30O2Si/c1-8-12(2)9-13(10-14-11-16-14)17-18(6,7)15(3,4)5/h13-14H,2,8-11H2,1,3-7H3/t13-,14-/m1/s1. The van der Waals surface area contributed by atoms with Crippen molar-refractivity contribution in [2.45, 2.75) is 77.3 Å². The first-order valence-corrected chi connectivity index (χ1v) is 10.0. The second-order valence-corrected chi connectivity index (χ2v) is 11.8. The normalized spacial score (nSPS) is 21.8. The second-order valence-electron chi connectivity index (χ2n) is 7.00. The lowest BCUT2D eigenvalue weighted by molar-refractivity contribution is 0.158. The Kier molecular flexibility index (Phi) is 5.21. The quantitative estimate of drug-likeness (QED) is 0.385. The molecular formula is C15H30O2Si. The highest BCUT2D eigenvalue weighted by atomic mass is 28.4. The summed E-state index contributed by atoms with van der Waals surface area (Å²) >= 11 is 0. The van der Waals surface area contributed by atoms with Crippen molar-refractivity contribution in [3.05, 3.63) is 12.2 Å². The highest BCUT2D eigenvalue weighted by molar-refractivity contribution is 6.74. The molecule has 0 saturated carbocycles. The third kappa shape index (κ3) is 4.86. The Morgan fingerprint density at radius 2 is 2.00 bits per heavy atom. The van der Waals surface area contributed by atoms with Gasteiger partial charge in [-0.1, -0.05) is 39.8 Å². The summed E-state index contributed by atoms with van der Waals surface area (Å²) < 4.78 is 11.9. The topological polar surface area (TPSA) is 21.8 Å². The number of ether oxygens (including phenoxy) is 1. The number of hydrogen-bond donors (Lipinski definition) is 0. The Morgan fingerprint density at radius 1 is 1.44 bits per heavy atom. The van der Waals surface area contributed by atoms with Crippen LogP contribution in [-0.2, 0) is 9.16 Å². The Bertz CT molecular complexity index is 287. The van der Waals surface area contributed by atoms with Crippen LogP contribution in [0, 0.1) is 0 Å². The molecule has 0 aromatic heterocycles. The lowest BCUT2D eigenvalue weighted by Gasteiger charge is -2.39. The minimum atomic E-state index is -1.68. The smallest absolute Gasteiger partial charge is 0.192 e. The zero-order valence-corrected chi connectivity index (χ0v) is 14.0. The SMILES string of the molecule is C=C(CC)C[C@H](C[C@@H]1CO1)O[Si](C)(C)C(C)(C)C. The van der Waals surface area contributed by atoms with E-state index in [0.717, 1.165) is 25.9 Å². The Balaban J connectivity index is 2.61. The summed E-state index contributed by atoms with van der Waals surface area (Å²) in [7, 11) is -1.68. The molecule has 0 aliphatic carbocycles. The van der Waals surface area contributed by atoms with E-state index in [1.54, 1.807) is 0 Å². The summed E-state index contributed by atoms with van der Waals surface area (Å²) in [4.78, 5) is 0. The van der Waals surface area contributed by atoms with Gasteiger partial charge in [-0.05, 0) is 31.0 Å². The van der Waals surface area contributed by atoms with E-state index in [-0.39, 0.29) is 5.04 Å². The van der Waals surface area contributed by atoms with Crippen LogP contribution in [0.25, 0.3) is 0 Å². The van der Waals surface area contributed by atoms with Crippen LogP contribution < -0.4 is 0 Å². The van der Waals surface area contributed by atoms with Crippen molar-refractivity contribution in [1.29, 1.82) is 0 Å². The number of hydrogen-bond acceptors (Lipinski definition) is 2. The van der Waals surface area contributed by atoms with Gasteiger partial charge in [-0.15, -0.1) is 0 Å². The predicted molar refractivity (Wildman–Crippen MR) is 80.5 cm³/mol. The van der Waals surface area contributed by atoms with Crippen molar-refractivity contribution in [3.63, 3.8) is 0 Å². The van der Waals surface area contributed by atoms with Gasteiger partial charge in [0.25, 0.3) is 0 Å². The van der Waals surface area contributed by atoms with Crippen LogP contribution >= 0.6 is 0 Å². The summed E-state index contributed by atoms with van der Waals surface area (Å²) in [5.41, 5.74) is 1.29. The van der Waals surface area contributed by atoms with E-state index in [0.29, 0.717) is 12.2 Å². The molecule has 1 fully saturated rings. The van der Waals surface area contributed by atoms with E-state index in [4.69, 9.17) is 9.16 Å². The molecule has 0 unspecified atom stereocenters. The molecule has 2 nitrogen and oxygen atoms in total. The molecule has 1 rings (SSSR count). The molecule has 0 N–H and O–H groups in total. The van der Waals surface area contributed by atoms with Crippen molar-refractivity contribution < 1.29 is 9.16 Å². The van der Waals surface area contributed by atoms with Gasteiger partial charge < -0.3 is 9.16 Å². The van der Waals surface area contributed by atoms with Gasteiger partial charge in [-0.25, -0.2) is 0 Å². The molecule has 18 heavy (non-hydrogen) atoms. The third-order valence-corrected chi connectivity index (χ3v) is 8.75. The monoisotopic (exact) mass is 270 g/mol. The maximum atomic E-state index is 6.52. The highest BCUT2D eigenvalue weighted by Gasteiger charge is 2.40. The largest absolute Gasteiger partial charge is 0.414 e. The van der Waals surface area contributed by atoms with E-state index in [9.17, 15) is 0 Å². The van der Waals surface area contributed by atoms with Crippen molar-refractivity contribution in [1.82, 2.24) is 0 Å². The van der Waals surface area contributed by atoms with Gasteiger partial charge in [0.1, 0.15) is 0 Å². The molecular weight excluding hydrogens is 240 g/mol. The van der Waals surface area contributed by atoms with Gasteiger partial charge in [0.15, 0.2) is 8.32 Å². The Labute approximate surface area is 114 Å². The van der Waals surface area contributed by atoms with Crippen molar-refractivity contribution in [3.8, 4) is 0 Å². The summed E-state index contributed by atoms with van der Waals surface area (Å²) in [6.45, 7) is 18.7. The fourth-order valence-electron chi connectivity index (χ4n) is 1.73. The first-order valence-electron chi connectivity index (χ1n) is 7.11. The molecule has 0 aromatic carbocycles. The average Bonchev–Trinajstić information content (AvgIpc) is 2.98. The van der Waals surface area contributed by atoms with E-state index in [1.807, 2.05) is 0 Å². The van der Waals surface area contributed by atoms with Crippen molar-refractivity contribution in [2.75, 3.05) is 6.61 Å². The molecule has 1 heterocycles. The molecule has 1 aliphatic rings. The molecule has 106 valence electrons. The summed E-state index contributed by atoms with van der Waals surface area (Å²) in [5.74, 6) is 0. The van der Waals surface area contributed by atoms with E-state index in [2.05, 4.69) is 47.4 Å². The molecule has 3 heteroatoms. The summed E-state index contributed by atoms with van der Waals surface area (Å²) in [5, 5.41) is 0.267. The van der Waals surface area contributed by atoms with Gasteiger partial charge in [-0.2, -0.15) is 0 Å². The molecule has 0 aromatic rings. The van der Waals surface area contributed by atoms with Crippen LogP contribution in [0.15, 0.2) is 12.2 Å². The molecule has 0 amide bonds. The molecule has 1 saturated heterocycles. The fourth-order valence-corrected chi connectivity index (χ4v) is 3.10. The fraction of sp³-hybridized carbons (Fsp3) is 0.867. The van der Waals surface area contributed by atoms with Crippen molar-refractivity contribution >= 4 is 8.32 Å². The van der Waals surface area contributed by atoms with Crippen LogP contribution in [0.1, 0.15) is 47.0 Å².